The Kier molecular flexibility index (Phi) is 3.45. The van der Waals surface area contributed by atoms with E-state index >= 15 is 0 Å². The Labute approximate surface area is 82.7 Å². The van der Waals surface area contributed by atoms with Crippen LogP contribution in [-0.4, -0.2) is 6.29 Å². The van der Waals surface area contributed by atoms with Crippen LogP contribution in [0.15, 0.2) is 6.07 Å². The molecule has 0 aliphatic heterocycles. The van der Waals surface area contributed by atoms with Crippen LogP contribution in [0.1, 0.15) is 12.0 Å². The van der Waals surface area contributed by atoms with Gasteiger partial charge in [-0.25, -0.2) is 17.6 Å². The molecule has 0 aromatic heterocycles. The van der Waals surface area contributed by atoms with Crippen LogP contribution in [0, 0.1) is 35.1 Å². The highest BCUT2D eigenvalue weighted by Crippen LogP contribution is 2.17. The Bertz CT molecular complexity index is 430. The zero-order valence-corrected chi connectivity index (χ0v) is 7.28. The van der Waals surface area contributed by atoms with Crippen molar-refractivity contribution >= 4 is 6.29 Å². The van der Waals surface area contributed by atoms with Crippen molar-refractivity contribution in [1.29, 1.82) is 0 Å². The van der Waals surface area contributed by atoms with Gasteiger partial charge in [0.2, 0.25) is 0 Å². The van der Waals surface area contributed by atoms with Crippen molar-refractivity contribution in [3.63, 3.8) is 0 Å². The van der Waals surface area contributed by atoms with Gasteiger partial charge in [0, 0.05) is 6.07 Å². The summed E-state index contributed by atoms with van der Waals surface area (Å²) in [4.78, 5) is 9.86. The van der Waals surface area contributed by atoms with E-state index in [1.807, 2.05) is 5.92 Å². The molecule has 0 aliphatic carbocycles. The Hall–Kier alpha value is -1.83. The molecule has 0 aliphatic rings. The summed E-state index contributed by atoms with van der Waals surface area (Å²) < 4.78 is 51.0. The SMILES string of the molecule is O=CCC#Cc1c(F)c(F)cc(F)c1F. The largest absolute Gasteiger partial charge is 0.302 e. The predicted octanol–water partition coefficient (Wildman–Crippen LogP) is 2.18. The first-order valence-corrected chi connectivity index (χ1v) is 3.83. The molecule has 0 amide bonds. The van der Waals surface area contributed by atoms with E-state index in [0.29, 0.717) is 6.29 Å². The maximum Gasteiger partial charge on any atom is 0.177 e. The lowest BCUT2D eigenvalue weighted by Crippen LogP contribution is -1.98. The molecule has 1 aromatic rings. The van der Waals surface area contributed by atoms with Crippen LogP contribution in [0.2, 0.25) is 0 Å². The van der Waals surface area contributed by atoms with Crippen LogP contribution in [0.5, 0.6) is 0 Å². The highest BCUT2D eigenvalue weighted by molar-refractivity contribution is 5.55. The number of benzene rings is 1. The number of carbonyl (C=O) groups excluding carboxylic acids is 1. The molecule has 0 unspecified atom stereocenters. The lowest BCUT2D eigenvalue weighted by Gasteiger charge is -1.99. The number of hydrogen-bond acceptors (Lipinski definition) is 1. The minimum atomic E-state index is -1.56. The third-order valence-electron chi connectivity index (χ3n) is 1.51. The number of halogens is 4. The molecule has 0 saturated carbocycles. The summed E-state index contributed by atoms with van der Waals surface area (Å²) in [5, 5.41) is 0. The summed E-state index contributed by atoms with van der Waals surface area (Å²) in [6.07, 6.45) is 0.134. The molecule has 0 saturated heterocycles. The van der Waals surface area contributed by atoms with Gasteiger partial charge >= 0.3 is 0 Å². The average Bonchev–Trinajstić information content (AvgIpc) is 2.20. The highest BCUT2D eigenvalue weighted by atomic mass is 19.2. The van der Waals surface area contributed by atoms with Gasteiger partial charge in [0.15, 0.2) is 23.3 Å². The van der Waals surface area contributed by atoms with E-state index in [1.165, 1.54) is 0 Å². The normalized spacial score (nSPS) is 9.33. The molecule has 1 aromatic carbocycles. The average molecular weight is 216 g/mol. The van der Waals surface area contributed by atoms with Gasteiger partial charge in [0.1, 0.15) is 11.8 Å². The van der Waals surface area contributed by atoms with E-state index in [4.69, 9.17) is 0 Å². The molecule has 0 spiro atoms. The standard InChI is InChI=1S/C10H4F4O/c11-7-5-8(12)10(14)6(9(7)13)3-1-2-4-15/h4-5H,2H2. The maximum absolute atomic E-state index is 12.9. The van der Waals surface area contributed by atoms with E-state index in [0.717, 1.165) is 0 Å². The number of aldehydes is 1. The lowest BCUT2D eigenvalue weighted by atomic mass is 10.2. The van der Waals surface area contributed by atoms with Crippen LogP contribution in [0.4, 0.5) is 17.6 Å². The fraction of sp³-hybridized carbons (Fsp3) is 0.100. The summed E-state index contributed by atoms with van der Waals surface area (Å²) in [7, 11) is 0. The summed E-state index contributed by atoms with van der Waals surface area (Å²) in [6.45, 7) is 0. The third-order valence-corrected chi connectivity index (χ3v) is 1.51. The van der Waals surface area contributed by atoms with Gasteiger partial charge in [-0.2, -0.15) is 0 Å². The Morgan fingerprint density at radius 1 is 1.13 bits per heavy atom. The molecular weight excluding hydrogens is 212 g/mol. The van der Waals surface area contributed by atoms with Gasteiger partial charge in [0.25, 0.3) is 0 Å². The maximum atomic E-state index is 12.9. The van der Waals surface area contributed by atoms with Crippen LogP contribution >= 0.6 is 0 Å². The predicted molar refractivity (Wildman–Crippen MR) is 43.8 cm³/mol. The molecule has 0 atom stereocenters. The fourth-order valence-corrected chi connectivity index (χ4v) is 0.864. The first-order chi connectivity index (χ1) is 7.07. The van der Waals surface area contributed by atoms with Crippen LogP contribution in [0.25, 0.3) is 0 Å². The van der Waals surface area contributed by atoms with Crippen molar-refractivity contribution in [2.24, 2.45) is 0 Å². The second kappa shape index (κ2) is 4.60. The van der Waals surface area contributed by atoms with Crippen LogP contribution in [-0.2, 0) is 4.79 Å². The molecule has 5 heteroatoms. The monoisotopic (exact) mass is 216 g/mol. The van der Waals surface area contributed by atoms with Crippen LogP contribution < -0.4 is 0 Å². The second-order valence-electron chi connectivity index (χ2n) is 2.52. The Morgan fingerprint density at radius 2 is 1.67 bits per heavy atom. The lowest BCUT2D eigenvalue weighted by molar-refractivity contribution is -0.107. The van der Waals surface area contributed by atoms with Crippen molar-refractivity contribution in [2.75, 3.05) is 0 Å². The van der Waals surface area contributed by atoms with Crippen LogP contribution in [0.3, 0.4) is 0 Å². The van der Waals surface area contributed by atoms with Crippen molar-refractivity contribution in [3.05, 3.63) is 34.9 Å². The van der Waals surface area contributed by atoms with E-state index in [9.17, 15) is 22.4 Å². The number of rotatable bonds is 1. The third kappa shape index (κ3) is 2.34. The Morgan fingerprint density at radius 3 is 2.13 bits per heavy atom. The van der Waals surface area contributed by atoms with Crippen molar-refractivity contribution in [1.82, 2.24) is 0 Å². The molecular formula is C10H4F4O. The quantitative estimate of drug-likeness (QED) is 0.304. The van der Waals surface area contributed by atoms with E-state index in [1.54, 1.807) is 0 Å². The van der Waals surface area contributed by atoms with E-state index in [2.05, 4.69) is 5.92 Å². The van der Waals surface area contributed by atoms with Gasteiger partial charge < -0.3 is 4.79 Å². The smallest absolute Gasteiger partial charge is 0.177 e. The topological polar surface area (TPSA) is 17.1 Å². The first kappa shape index (κ1) is 11.2. The Balaban J connectivity index is 3.28. The number of carbonyl (C=O) groups is 1. The number of hydrogen-bond donors (Lipinski definition) is 0. The van der Waals surface area contributed by atoms with Gasteiger partial charge in [-0.1, -0.05) is 11.8 Å². The summed E-state index contributed by atoms with van der Waals surface area (Å²) in [5.74, 6) is -2.26. The second-order valence-corrected chi connectivity index (χ2v) is 2.52. The van der Waals surface area contributed by atoms with E-state index in [-0.39, 0.29) is 12.5 Å². The molecule has 0 radical (unpaired) electrons. The molecule has 0 fully saturated rings. The first-order valence-electron chi connectivity index (χ1n) is 3.83. The van der Waals surface area contributed by atoms with Crippen molar-refractivity contribution in [2.45, 2.75) is 6.42 Å². The van der Waals surface area contributed by atoms with E-state index < -0.39 is 28.8 Å². The zero-order valence-electron chi connectivity index (χ0n) is 7.28. The summed E-state index contributed by atoms with van der Waals surface area (Å²) in [6, 6.07) is 0.0928. The fourth-order valence-electron chi connectivity index (χ4n) is 0.864. The van der Waals surface area contributed by atoms with Gasteiger partial charge in [-0.15, -0.1) is 0 Å². The van der Waals surface area contributed by atoms with Gasteiger partial charge in [-0.05, 0) is 0 Å². The summed E-state index contributed by atoms with van der Waals surface area (Å²) >= 11 is 0. The molecule has 0 N–H and O–H groups in total. The minimum absolute atomic E-state index is 0.0928. The van der Waals surface area contributed by atoms with Crippen molar-refractivity contribution < 1.29 is 22.4 Å². The molecule has 78 valence electrons. The zero-order chi connectivity index (χ0) is 11.4. The van der Waals surface area contributed by atoms with Gasteiger partial charge in [0.05, 0.1) is 6.42 Å². The molecule has 1 nitrogen and oxygen atoms in total. The minimum Gasteiger partial charge on any atom is -0.302 e. The summed E-state index contributed by atoms with van der Waals surface area (Å²) in [5.41, 5.74) is -1.01. The van der Waals surface area contributed by atoms with Crippen molar-refractivity contribution in [3.8, 4) is 11.8 Å². The molecule has 15 heavy (non-hydrogen) atoms. The molecule has 0 bridgehead atoms. The van der Waals surface area contributed by atoms with Gasteiger partial charge in [-0.3, -0.25) is 0 Å². The molecule has 1 rings (SSSR count). The highest BCUT2D eigenvalue weighted by Gasteiger charge is 2.17. The molecule has 0 heterocycles.